The maximum atomic E-state index is 11.5. The van der Waals surface area contributed by atoms with Crippen molar-refractivity contribution in [3.8, 4) is 0 Å². The third-order valence-corrected chi connectivity index (χ3v) is 5.41. The maximum Gasteiger partial charge on any atom is 0.319 e. The van der Waals surface area contributed by atoms with E-state index in [4.69, 9.17) is 4.74 Å². The third-order valence-electron chi connectivity index (χ3n) is 5.41. The summed E-state index contributed by atoms with van der Waals surface area (Å²) in [6.07, 6.45) is 8.29. The number of carbonyl (C=O) groups is 1. The summed E-state index contributed by atoms with van der Waals surface area (Å²) < 4.78 is 4.80. The Labute approximate surface area is 104 Å². The lowest BCUT2D eigenvalue weighted by Gasteiger charge is -2.59. The second-order valence-corrected chi connectivity index (χ2v) is 6.57. The van der Waals surface area contributed by atoms with Crippen LogP contribution in [0.2, 0.25) is 0 Å². The molecular weight excluding hydrogens is 214 g/mol. The minimum absolute atomic E-state index is 0.0942. The molecule has 4 saturated carbocycles. The van der Waals surface area contributed by atoms with E-state index in [1.807, 2.05) is 0 Å². The molecule has 96 valence electrons. The van der Waals surface area contributed by atoms with Crippen molar-refractivity contribution < 1.29 is 9.53 Å². The molecule has 0 aromatic heterocycles. The number of nitrogens with zero attached hydrogens (tertiary/aromatic N) is 1. The number of methoxy groups -OCH3 is 1. The molecule has 0 atom stereocenters. The van der Waals surface area contributed by atoms with Gasteiger partial charge in [0, 0.05) is 5.54 Å². The predicted molar refractivity (Wildman–Crippen MR) is 65.5 cm³/mol. The highest BCUT2D eigenvalue weighted by molar-refractivity contribution is 5.71. The quantitative estimate of drug-likeness (QED) is 0.704. The van der Waals surface area contributed by atoms with Crippen LogP contribution in [0.3, 0.4) is 0 Å². The molecule has 4 aliphatic rings. The van der Waals surface area contributed by atoms with Crippen LogP contribution < -0.4 is 0 Å². The monoisotopic (exact) mass is 237 g/mol. The number of ether oxygens (including phenoxy) is 1. The Hall–Kier alpha value is -0.570. The topological polar surface area (TPSA) is 29.5 Å². The Kier molecular flexibility index (Phi) is 2.69. The molecule has 4 bridgehead atoms. The lowest BCUT2D eigenvalue weighted by Crippen LogP contribution is -2.59. The van der Waals surface area contributed by atoms with Crippen LogP contribution in [0.15, 0.2) is 0 Å². The van der Waals surface area contributed by atoms with Crippen LogP contribution in [0.4, 0.5) is 0 Å². The third kappa shape index (κ3) is 1.88. The first-order valence-corrected chi connectivity index (χ1v) is 6.89. The van der Waals surface area contributed by atoms with Gasteiger partial charge in [0.1, 0.15) is 0 Å². The van der Waals surface area contributed by atoms with Crippen molar-refractivity contribution in [3.05, 3.63) is 0 Å². The highest BCUT2D eigenvalue weighted by atomic mass is 16.5. The second kappa shape index (κ2) is 3.98. The van der Waals surface area contributed by atoms with Crippen LogP contribution in [0, 0.1) is 17.8 Å². The van der Waals surface area contributed by atoms with Gasteiger partial charge >= 0.3 is 5.97 Å². The highest BCUT2D eigenvalue weighted by Crippen LogP contribution is 2.57. The second-order valence-electron chi connectivity index (χ2n) is 6.57. The molecule has 3 nitrogen and oxygen atoms in total. The van der Waals surface area contributed by atoms with Gasteiger partial charge in [0.25, 0.3) is 0 Å². The molecule has 0 heterocycles. The lowest BCUT2D eigenvalue weighted by molar-refractivity contribution is -0.147. The SMILES string of the molecule is COC(=O)CN(C)C12CC3CC(CC(C3)C1)C2. The van der Waals surface area contributed by atoms with Crippen molar-refractivity contribution >= 4 is 5.97 Å². The van der Waals surface area contributed by atoms with Crippen molar-refractivity contribution in [3.63, 3.8) is 0 Å². The molecule has 17 heavy (non-hydrogen) atoms. The molecule has 0 N–H and O–H groups in total. The van der Waals surface area contributed by atoms with Crippen LogP contribution in [-0.2, 0) is 9.53 Å². The van der Waals surface area contributed by atoms with Gasteiger partial charge in [0.05, 0.1) is 13.7 Å². The standard InChI is InChI=1S/C14H23NO2/c1-15(9-13(16)17-2)14-6-10-3-11(7-14)5-12(4-10)8-14/h10-12H,3-9H2,1-2H3. The summed E-state index contributed by atoms with van der Waals surface area (Å²) in [5, 5.41) is 0. The summed E-state index contributed by atoms with van der Waals surface area (Å²) in [5.74, 6) is 2.70. The van der Waals surface area contributed by atoms with Crippen LogP contribution in [-0.4, -0.2) is 37.1 Å². The Morgan fingerprint density at radius 1 is 1.18 bits per heavy atom. The van der Waals surface area contributed by atoms with E-state index in [0.717, 1.165) is 17.8 Å². The number of carbonyl (C=O) groups excluding carboxylic acids is 1. The highest BCUT2D eigenvalue weighted by Gasteiger charge is 2.52. The zero-order valence-corrected chi connectivity index (χ0v) is 10.9. The molecule has 4 rings (SSSR count). The van der Waals surface area contributed by atoms with E-state index in [-0.39, 0.29) is 5.97 Å². The van der Waals surface area contributed by atoms with Crippen LogP contribution in [0.1, 0.15) is 38.5 Å². The Balaban J connectivity index is 1.75. The van der Waals surface area contributed by atoms with Crippen molar-refractivity contribution in [2.75, 3.05) is 20.7 Å². The van der Waals surface area contributed by atoms with Gasteiger partial charge in [-0.1, -0.05) is 0 Å². The van der Waals surface area contributed by atoms with E-state index in [9.17, 15) is 4.79 Å². The van der Waals surface area contributed by atoms with Crippen LogP contribution in [0.5, 0.6) is 0 Å². The number of esters is 1. The molecule has 0 amide bonds. The Bertz CT molecular complexity index is 291. The fourth-order valence-corrected chi connectivity index (χ4v) is 4.96. The molecule has 0 aliphatic heterocycles. The summed E-state index contributed by atoms with van der Waals surface area (Å²) in [4.78, 5) is 13.7. The number of likely N-dealkylation sites (N-methyl/N-ethyl adjacent to an activating group) is 1. The van der Waals surface area contributed by atoms with E-state index in [0.29, 0.717) is 12.1 Å². The molecule has 0 radical (unpaired) electrons. The average molecular weight is 237 g/mol. The van der Waals surface area contributed by atoms with E-state index in [1.165, 1.54) is 45.6 Å². The zero-order valence-electron chi connectivity index (χ0n) is 10.9. The summed E-state index contributed by atoms with van der Waals surface area (Å²) in [7, 11) is 3.60. The molecule has 0 spiro atoms. The van der Waals surface area contributed by atoms with Crippen molar-refractivity contribution in [2.24, 2.45) is 17.8 Å². The molecule has 0 unspecified atom stereocenters. The molecule has 4 fully saturated rings. The van der Waals surface area contributed by atoms with Crippen molar-refractivity contribution in [1.82, 2.24) is 4.90 Å². The fourth-order valence-electron chi connectivity index (χ4n) is 4.96. The molecular formula is C14H23NO2. The Morgan fingerprint density at radius 3 is 2.06 bits per heavy atom. The fraction of sp³-hybridized carbons (Fsp3) is 0.929. The summed E-state index contributed by atoms with van der Waals surface area (Å²) in [6.45, 7) is 0.461. The van der Waals surface area contributed by atoms with E-state index in [1.54, 1.807) is 0 Å². The van der Waals surface area contributed by atoms with E-state index in [2.05, 4.69) is 11.9 Å². The minimum Gasteiger partial charge on any atom is -0.468 e. The largest absolute Gasteiger partial charge is 0.468 e. The summed E-state index contributed by atoms with van der Waals surface area (Å²) in [5.41, 5.74) is 0.322. The average Bonchev–Trinajstić information content (AvgIpc) is 2.26. The predicted octanol–water partition coefficient (Wildman–Crippen LogP) is 2.06. The molecule has 4 aliphatic carbocycles. The Morgan fingerprint density at radius 2 is 1.65 bits per heavy atom. The zero-order chi connectivity index (χ0) is 12.0. The van der Waals surface area contributed by atoms with E-state index < -0.39 is 0 Å². The smallest absolute Gasteiger partial charge is 0.319 e. The first-order chi connectivity index (χ1) is 8.11. The van der Waals surface area contributed by atoms with Gasteiger partial charge in [0.15, 0.2) is 0 Å². The minimum atomic E-state index is -0.0942. The maximum absolute atomic E-state index is 11.5. The normalized spacial score (nSPS) is 43.1. The lowest BCUT2D eigenvalue weighted by atomic mass is 9.52. The van der Waals surface area contributed by atoms with Gasteiger partial charge in [-0.05, 0) is 63.3 Å². The molecule has 3 heteroatoms. The number of rotatable bonds is 3. The van der Waals surface area contributed by atoms with Crippen LogP contribution >= 0.6 is 0 Å². The molecule has 0 saturated heterocycles. The van der Waals surface area contributed by atoms with Crippen molar-refractivity contribution in [1.29, 1.82) is 0 Å². The first kappa shape index (κ1) is 11.5. The first-order valence-electron chi connectivity index (χ1n) is 6.89. The number of hydrogen-bond acceptors (Lipinski definition) is 3. The number of hydrogen-bond donors (Lipinski definition) is 0. The molecule has 0 aromatic carbocycles. The summed E-state index contributed by atoms with van der Waals surface area (Å²) in [6, 6.07) is 0. The summed E-state index contributed by atoms with van der Waals surface area (Å²) >= 11 is 0. The molecule has 0 aromatic rings. The van der Waals surface area contributed by atoms with Crippen LogP contribution in [0.25, 0.3) is 0 Å². The van der Waals surface area contributed by atoms with Gasteiger partial charge < -0.3 is 4.74 Å². The van der Waals surface area contributed by atoms with Gasteiger partial charge in [-0.15, -0.1) is 0 Å². The van der Waals surface area contributed by atoms with Crippen molar-refractivity contribution in [2.45, 2.75) is 44.1 Å². The van der Waals surface area contributed by atoms with Gasteiger partial charge in [0.2, 0.25) is 0 Å². The van der Waals surface area contributed by atoms with Gasteiger partial charge in [-0.25, -0.2) is 0 Å². The van der Waals surface area contributed by atoms with Gasteiger partial charge in [-0.2, -0.15) is 0 Å². The van der Waals surface area contributed by atoms with E-state index >= 15 is 0 Å². The van der Waals surface area contributed by atoms with Gasteiger partial charge in [-0.3, -0.25) is 9.69 Å².